The maximum atomic E-state index is 8.83. The van der Waals surface area contributed by atoms with Crippen LogP contribution < -0.4 is 9.47 Å². The summed E-state index contributed by atoms with van der Waals surface area (Å²) in [5, 5.41) is 17.7. The molecule has 1 aromatic carbocycles. The molecule has 104 valence electrons. The first-order valence-electron chi connectivity index (χ1n) is 6.08. The molecule has 5 nitrogen and oxygen atoms in total. The number of benzene rings is 1. The van der Waals surface area contributed by atoms with Crippen molar-refractivity contribution in [3.8, 4) is 23.6 Å². The minimum Gasteiger partial charge on any atom is -0.493 e. The lowest BCUT2D eigenvalue weighted by atomic mass is 10.1. The van der Waals surface area contributed by atoms with Crippen molar-refractivity contribution >= 4 is 6.08 Å². The molecule has 0 amide bonds. The Morgan fingerprint density at radius 3 is 2.55 bits per heavy atom. The average molecular weight is 271 g/mol. The molecule has 1 aromatic rings. The molecular formula is C15H17N3O2. The highest BCUT2D eigenvalue weighted by Gasteiger charge is 2.10. The number of hydrogen-bond donors (Lipinski definition) is 0. The number of ether oxygens (including phenoxy) is 2. The normalized spacial score (nSPS) is 9.50. The maximum absolute atomic E-state index is 8.83. The molecule has 0 aliphatic heterocycles. The highest BCUT2D eigenvalue weighted by Crippen LogP contribution is 2.32. The van der Waals surface area contributed by atoms with Gasteiger partial charge in [-0.25, -0.2) is 0 Å². The van der Waals surface area contributed by atoms with Crippen molar-refractivity contribution in [2.45, 2.75) is 0 Å². The number of nitriles is 2. The van der Waals surface area contributed by atoms with Crippen molar-refractivity contribution < 1.29 is 9.47 Å². The van der Waals surface area contributed by atoms with Crippen molar-refractivity contribution in [2.24, 2.45) is 0 Å². The molecule has 0 atom stereocenters. The Morgan fingerprint density at radius 2 is 2.00 bits per heavy atom. The van der Waals surface area contributed by atoms with Crippen LogP contribution in [0.4, 0.5) is 0 Å². The van der Waals surface area contributed by atoms with E-state index in [0.29, 0.717) is 23.7 Å². The van der Waals surface area contributed by atoms with Crippen LogP contribution in [0, 0.1) is 22.7 Å². The summed E-state index contributed by atoms with van der Waals surface area (Å²) in [5.41, 5.74) is 0.678. The van der Waals surface area contributed by atoms with Gasteiger partial charge in [-0.15, -0.1) is 0 Å². The van der Waals surface area contributed by atoms with Gasteiger partial charge in [0.05, 0.1) is 7.11 Å². The van der Waals surface area contributed by atoms with Crippen LogP contribution in [0.2, 0.25) is 0 Å². The third-order valence-corrected chi connectivity index (χ3v) is 2.55. The van der Waals surface area contributed by atoms with Gasteiger partial charge in [0.15, 0.2) is 11.5 Å². The van der Waals surface area contributed by atoms with Gasteiger partial charge >= 0.3 is 0 Å². The minimum atomic E-state index is 0.0238. The zero-order valence-corrected chi connectivity index (χ0v) is 11.9. The lowest BCUT2D eigenvalue weighted by Gasteiger charge is -2.15. The van der Waals surface area contributed by atoms with Gasteiger partial charge in [0.1, 0.15) is 24.3 Å². The molecule has 0 unspecified atom stereocenters. The van der Waals surface area contributed by atoms with Crippen LogP contribution in [-0.4, -0.2) is 39.3 Å². The van der Waals surface area contributed by atoms with Gasteiger partial charge in [0.2, 0.25) is 0 Å². The molecule has 1 rings (SSSR count). The van der Waals surface area contributed by atoms with Crippen LogP contribution in [0.25, 0.3) is 6.08 Å². The molecule has 0 saturated heterocycles. The lowest BCUT2D eigenvalue weighted by Crippen LogP contribution is -2.19. The Hall–Kier alpha value is -2.50. The summed E-state index contributed by atoms with van der Waals surface area (Å²) in [6.07, 6.45) is 1.49. The molecule has 0 fully saturated rings. The van der Waals surface area contributed by atoms with Crippen molar-refractivity contribution in [1.29, 1.82) is 10.5 Å². The molecule has 5 heteroatoms. The van der Waals surface area contributed by atoms with Crippen LogP contribution in [0.5, 0.6) is 11.5 Å². The molecule has 0 aliphatic carbocycles. The van der Waals surface area contributed by atoms with Gasteiger partial charge in [-0.05, 0) is 26.2 Å². The second-order valence-electron chi connectivity index (χ2n) is 4.31. The number of likely N-dealkylation sites (N-methyl/N-ethyl adjacent to an activating group) is 1. The van der Waals surface area contributed by atoms with Gasteiger partial charge in [0, 0.05) is 12.1 Å². The fourth-order valence-electron chi connectivity index (χ4n) is 1.54. The van der Waals surface area contributed by atoms with E-state index in [2.05, 4.69) is 0 Å². The number of methoxy groups -OCH3 is 1. The van der Waals surface area contributed by atoms with Gasteiger partial charge < -0.3 is 14.4 Å². The molecule has 0 radical (unpaired) electrons. The van der Waals surface area contributed by atoms with Gasteiger partial charge in [-0.2, -0.15) is 10.5 Å². The van der Waals surface area contributed by atoms with Crippen molar-refractivity contribution in [2.75, 3.05) is 34.4 Å². The topological polar surface area (TPSA) is 69.3 Å². The van der Waals surface area contributed by atoms with Gasteiger partial charge in [-0.1, -0.05) is 12.1 Å². The van der Waals surface area contributed by atoms with E-state index in [4.69, 9.17) is 20.0 Å². The molecule has 0 heterocycles. The predicted molar refractivity (Wildman–Crippen MR) is 76.2 cm³/mol. The number of hydrogen-bond acceptors (Lipinski definition) is 5. The van der Waals surface area contributed by atoms with Crippen molar-refractivity contribution in [3.05, 3.63) is 29.3 Å². The van der Waals surface area contributed by atoms with E-state index in [-0.39, 0.29) is 5.57 Å². The number of para-hydroxylation sites is 1. The fourth-order valence-corrected chi connectivity index (χ4v) is 1.54. The molecule has 0 N–H and O–H groups in total. The summed E-state index contributed by atoms with van der Waals surface area (Å²) in [6.45, 7) is 1.24. The van der Waals surface area contributed by atoms with Crippen molar-refractivity contribution in [1.82, 2.24) is 4.90 Å². The summed E-state index contributed by atoms with van der Waals surface area (Å²) in [6, 6.07) is 9.02. The first-order chi connectivity index (χ1) is 9.62. The number of rotatable bonds is 6. The Bertz CT molecular complexity index is 549. The van der Waals surface area contributed by atoms with E-state index in [1.807, 2.05) is 31.1 Å². The highest BCUT2D eigenvalue weighted by atomic mass is 16.5. The minimum absolute atomic E-state index is 0.0238. The van der Waals surface area contributed by atoms with Crippen LogP contribution in [-0.2, 0) is 0 Å². The largest absolute Gasteiger partial charge is 0.493 e. The lowest BCUT2D eigenvalue weighted by molar-refractivity contribution is 0.250. The summed E-state index contributed by atoms with van der Waals surface area (Å²) >= 11 is 0. The second kappa shape index (κ2) is 7.83. The smallest absolute Gasteiger partial charge is 0.168 e. The van der Waals surface area contributed by atoms with Gasteiger partial charge in [0.25, 0.3) is 0 Å². The van der Waals surface area contributed by atoms with E-state index in [0.717, 1.165) is 6.54 Å². The van der Waals surface area contributed by atoms with E-state index in [1.54, 1.807) is 25.3 Å². The second-order valence-corrected chi connectivity index (χ2v) is 4.31. The summed E-state index contributed by atoms with van der Waals surface area (Å²) in [5.74, 6) is 1.12. The Balaban J connectivity index is 3.08. The van der Waals surface area contributed by atoms with Crippen LogP contribution in [0.1, 0.15) is 5.56 Å². The summed E-state index contributed by atoms with van der Waals surface area (Å²) in [4.78, 5) is 2.00. The average Bonchev–Trinajstić information content (AvgIpc) is 2.45. The zero-order valence-electron chi connectivity index (χ0n) is 11.9. The van der Waals surface area contributed by atoms with E-state index < -0.39 is 0 Å². The number of nitrogens with zero attached hydrogens (tertiary/aromatic N) is 3. The monoisotopic (exact) mass is 271 g/mol. The van der Waals surface area contributed by atoms with E-state index in [9.17, 15) is 0 Å². The highest BCUT2D eigenvalue weighted by molar-refractivity contribution is 5.68. The quantitative estimate of drug-likeness (QED) is 0.741. The molecule has 0 spiro atoms. The summed E-state index contributed by atoms with van der Waals surface area (Å²) in [7, 11) is 5.46. The van der Waals surface area contributed by atoms with Crippen molar-refractivity contribution in [3.63, 3.8) is 0 Å². The molecule has 0 bridgehead atoms. The number of allylic oxidation sites excluding steroid dienone is 1. The van der Waals surface area contributed by atoms with Crippen LogP contribution >= 0.6 is 0 Å². The molecule has 0 saturated carbocycles. The third kappa shape index (κ3) is 4.31. The maximum Gasteiger partial charge on any atom is 0.168 e. The van der Waals surface area contributed by atoms with E-state index in [1.165, 1.54) is 6.08 Å². The molecular weight excluding hydrogens is 254 g/mol. The first-order valence-corrected chi connectivity index (χ1v) is 6.08. The third-order valence-electron chi connectivity index (χ3n) is 2.55. The van der Waals surface area contributed by atoms with Gasteiger partial charge in [-0.3, -0.25) is 0 Å². The molecule has 0 aromatic heterocycles. The summed E-state index contributed by atoms with van der Waals surface area (Å²) < 4.78 is 11.0. The molecule has 0 aliphatic rings. The van der Waals surface area contributed by atoms with E-state index >= 15 is 0 Å². The standard InChI is InChI=1S/C15H17N3O2/c1-18(2)7-8-20-15-13(9-12(10-16)11-17)5-4-6-14(15)19-3/h4-6,9H,7-8H2,1-3H3. The fraction of sp³-hybridized carbons (Fsp3) is 0.333. The Labute approximate surface area is 119 Å². The van der Waals surface area contributed by atoms with Crippen LogP contribution in [0.15, 0.2) is 23.8 Å². The van der Waals surface area contributed by atoms with Crippen LogP contribution in [0.3, 0.4) is 0 Å². The SMILES string of the molecule is COc1cccc(C=C(C#N)C#N)c1OCCN(C)C. The Morgan fingerprint density at radius 1 is 1.30 bits per heavy atom. The Kier molecular flexibility index (Phi) is 6.09. The molecule has 20 heavy (non-hydrogen) atoms. The zero-order chi connectivity index (χ0) is 15.0. The predicted octanol–water partition coefficient (Wildman–Crippen LogP) is 2.07. The first kappa shape index (κ1) is 15.6.